The van der Waals surface area contributed by atoms with Crippen LogP contribution < -0.4 is 0 Å². The largest absolute Gasteiger partial charge is 0.481 e. The van der Waals surface area contributed by atoms with Crippen molar-refractivity contribution in [2.24, 2.45) is 5.92 Å². The van der Waals surface area contributed by atoms with Gasteiger partial charge in [0.25, 0.3) is 11.6 Å². The van der Waals surface area contributed by atoms with E-state index in [0.717, 1.165) is 6.42 Å². The van der Waals surface area contributed by atoms with E-state index in [1.807, 2.05) is 6.92 Å². The number of carbonyl (C=O) groups is 2. The molecule has 114 valence electrons. The second-order valence-electron chi connectivity index (χ2n) is 5.21. The third-order valence-corrected chi connectivity index (χ3v) is 3.48. The standard InChI is InChI=1S/C13H17N3O5/c1-2-3-14-8-10(16(20)21)5-11(14)13(19)15-6-9(7-15)4-12(17)18/h5,8-9H,2-4,6-7H2,1H3,(H,17,18). The average molecular weight is 295 g/mol. The summed E-state index contributed by atoms with van der Waals surface area (Å²) in [6.07, 6.45) is 2.17. The van der Waals surface area contributed by atoms with Crippen molar-refractivity contribution < 1.29 is 19.6 Å². The summed E-state index contributed by atoms with van der Waals surface area (Å²) in [5, 5.41) is 19.5. The summed E-state index contributed by atoms with van der Waals surface area (Å²) < 4.78 is 1.59. The SMILES string of the molecule is CCCn1cc([N+](=O)[O-])cc1C(=O)N1CC(CC(=O)O)C1. The third-order valence-electron chi connectivity index (χ3n) is 3.48. The summed E-state index contributed by atoms with van der Waals surface area (Å²) >= 11 is 0. The number of hydrogen-bond acceptors (Lipinski definition) is 4. The minimum absolute atomic E-state index is 0.0315. The maximum Gasteiger partial charge on any atom is 0.303 e. The normalized spacial score (nSPS) is 14.8. The van der Waals surface area contributed by atoms with Crippen LogP contribution in [0.15, 0.2) is 12.3 Å². The van der Waals surface area contributed by atoms with Gasteiger partial charge in [0.05, 0.1) is 17.5 Å². The summed E-state index contributed by atoms with van der Waals surface area (Å²) in [5.41, 5.74) is 0.187. The summed E-state index contributed by atoms with van der Waals surface area (Å²) in [4.78, 5) is 34.7. The number of carbonyl (C=O) groups excluding carboxylic acids is 1. The number of aryl methyl sites for hydroxylation is 1. The van der Waals surface area contributed by atoms with Crippen LogP contribution in [0.3, 0.4) is 0 Å². The number of likely N-dealkylation sites (tertiary alicyclic amines) is 1. The van der Waals surface area contributed by atoms with E-state index in [-0.39, 0.29) is 29.6 Å². The van der Waals surface area contributed by atoms with Gasteiger partial charge in [0, 0.05) is 31.6 Å². The fourth-order valence-electron chi connectivity index (χ4n) is 2.47. The van der Waals surface area contributed by atoms with Gasteiger partial charge in [0.2, 0.25) is 0 Å². The molecule has 0 atom stereocenters. The first-order valence-corrected chi connectivity index (χ1v) is 6.78. The highest BCUT2D eigenvalue weighted by molar-refractivity contribution is 5.94. The van der Waals surface area contributed by atoms with E-state index < -0.39 is 10.9 Å². The molecule has 0 bridgehead atoms. The first-order valence-electron chi connectivity index (χ1n) is 6.78. The molecule has 1 N–H and O–H groups in total. The van der Waals surface area contributed by atoms with Crippen molar-refractivity contribution in [1.29, 1.82) is 0 Å². The molecule has 0 radical (unpaired) electrons. The van der Waals surface area contributed by atoms with E-state index in [0.29, 0.717) is 19.6 Å². The van der Waals surface area contributed by atoms with Crippen molar-refractivity contribution in [2.45, 2.75) is 26.3 Å². The van der Waals surface area contributed by atoms with Gasteiger partial charge in [-0.05, 0) is 6.42 Å². The predicted molar refractivity (Wildman–Crippen MR) is 73.0 cm³/mol. The Bertz CT molecular complexity index is 574. The van der Waals surface area contributed by atoms with E-state index in [1.54, 1.807) is 4.57 Å². The molecule has 2 heterocycles. The minimum Gasteiger partial charge on any atom is -0.481 e. The second-order valence-corrected chi connectivity index (χ2v) is 5.21. The van der Waals surface area contributed by atoms with E-state index in [1.165, 1.54) is 17.2 Å². The Kier molecular flexibility index (Phi) is 4.25. The molecule has 1 fully saturated rings. The first-order chi connectivity index (χ1) is 9.92. The first kappa shape index (κ1) is 15.0. The maximum atomic E-state index is 12.3. The number of nitrogens with zero attached hydrogens (tertiary/aromatic N) is 3. The van der Waals surface area contributed by atoms with E-state index in [2.05, 4.69) is 0 Å². The molecule has 1 aliphatic rings. The molecular weight excluding hydrogens is 278 g/mol. The number of carboxylic acids is 1. The van der Waals surface area contributed by atoms with Crippen LogP contribution in [0.5, 0.6) is 0 Å². The molecule has 0 aromatic carbocycles. The number of aliphatic carboxylic acids is 1. The molecule has 1 aliphatic heterocycles. The lowest BCUT2D eigenvalue weighted by Gasteiger charge is -2.38. The lowest BCUT2D eigenvalue weighted by molar-refractivity contribution is -0.384. The van der Waals surface area contributed by atoms with Crippen molar-refractivity contribution in [3.05, 3.63) is 28.1 Å². The van der Waals surface area contributed by atoms with Crippen LogP contribution in [0.25, 0.3) is 0 Å². The van der Waals surface area contributed by atoms with Crippen LogP contribution >= 0.6 is 0 Å². The smallest absolute Gasteiger partial charge is 0.303 e. The summed E-state index contributed by atoms with van der Waals surface area (Å²) in [7, 11) is 0. The zero-order valence-corrected chi connectivity index (χ0v) is 11.7. The quantitative estimate of drug-likeness (QED) is 0.630. The summed E-state index contributed by atoms with van der Waals surface area (Å²) in [6.45, 7) is 3.22. The van der Waals surface area contributed by atoms with Gasteiger partial charge in [-0.2, -0.15) is 0 Å². The molecule has 0 saturated carbocycles. The number of nitro groups is 1. The molecule has 2 rings (SSSR count). The van der Waals surface area contributed by atoms with Crippen LogP contribution in [0.4, 0.5) is 5.69 Å². The molecule has 0 aliphatic carbocycles. The van der Waals surface area contributed by atoms with Gasteiger partial charge in [-0.1, -0.05) is 6.92 Å². The van der Waals surface area contributed by atoms with E-state index in [9.17, 15) is 19.7 Å². The molecule has 1 amide bonds. The minimum atomic E-state index is -0.878. The highest BCUT2D eigenvalue weighted by atomic mass is 16.6. The van der Waals surface area contributed by atoms with Crippen molar-refractivity contribution >= 4 is 17.6 Å². The van der Waals surface area contributed by atoms with Crippen LogP contribution in [0, 0.1) is 16.0 Å². The average Bonchev–Trinajstić information content (AvgIpc) is 2.77. The number of aromatic nitrogens is 1. The lowest BCUT2D eigenvalue weighted by atomic mass is 9.96. The summed E-state index contributed by atoms with van der Waals surface area (Å²) in [5.74, 6) is -1.19. The zero-order chi connectivity index (χ0) is 15.6. The Morgan fingerprint density at radius 1 is 1.48 bits per heavy atom. The number of amides is 1. The molecule has 1 saturated heterocycles. The van der Waals surface area contributed by atoms with E-state index >= 15 is 0 Å². The Balaban J connectivity index is 2.09. The van der Waals surface area contributed by atoms with E-state index in [4.69, 9.17) is 5.11 Å². The number of carboxylic acid groups (broad SMARTS) is 1. The molecular formula is C13H17N3O5. The van der Waals surface area contributed by atoms with Crippen LogP contribution in [0.2, 0.25) is 0 Å². The van der Waals surface area contributed by atoms with Gasteiger partial charge < -0.3 is 14.6 Å². The number of hydrogen-bond donors (Lipinski definition) is 1. The van der Waals surface area contributed by atoms with Crippen LogP contribution in [-0.4, -0.2) is 44.5 Å². The van der Waals surface area contributed by atoms with Gasteiger partial charge >= 0.3 is 5.97 Å². The Morgan fingerprint density at radius 3 is 2.67 bits per heavy atom. The van der Waals surface area contributed by atoms with Gasteiger partial charge in [-0.25, -0.2) is 0 Å². The molecule has 8 heteroatoms. The second kappa shape index (κ2) is 5.94. The highest BCUT2D eigenvalue weighted by Gasteiger charge is 2.34. The van der Waals surface area contributed by atoms with Gasteiger partial charge in [-0.3, -0.25) is 19.7 Å². The summed E-state index contributed by atoms with van der Waals surface area (Å²) in [6, 6.07) is 1.28. The van der Waals surface area contributed by atoms with Crippen molar-refractivity contribution in [3.8, 4) is 0 Å². The molecule has 21 heavy (non-hydrogen) atoms. The Morgan fingerprint density at radius 2 is 2.14 bits per heavy atom. The predicted octanol–water partition coefficient (Wildman–Crippen LogP) is 1.35. The van der Waals surface area contributed by atoms with Gasteiger partial charge in [-0.15, -0.1) is 0 Å². The molecule has 0 spiro atoms. The van der Waals surface area contributed by atoms with Gasteiger partial charge in [0.15, 0.2) is 0 Å². The van der Waals surface area contributed by atoms with Gasteiger partial charge in [0.1, 0.15) is 5.69 Å². The zero-order valence-electron chi connectivity index (χ0n) is 11.7. The lowest BCUT2D eigenvalue weighted by Crippen LogP contribution is -2.51. The molecule has 1 aromatic heterocycles. The van der Waals surface area contributed by atoms with Crippen molar-refractivity contribution in [3.63, 3.8) is 0 Å². The monoisotopic (exact) mass is 295 g/mol. The highest BCUT2D eigenvalue weighted by Crippen LogP contribution is 2.24. The molecule has 8 nitrogen and oxygen atoms in total. The van der Waals surface area contributed by atoms with Crippen LogP contribution in [0.1, 0.15) is 30.3 Å². The molecule has 0 unspecified atom stereocenters. The number of rotatable bonds is 6. The third kappa shape index (κ3) is 3.21. The topological polar surface area (TPSA) is 106 Å². The fraction of sp³-hybridized carbons (Fsp3) is 0.538. The fourth-order valence-corrected chi connectivity index (χ4v) is 2.47. The van der Waals surface area contributed by atoms with Crippen molar-refractivity contribution in [2.75, 3.05) is 13.1 Å². The Labute approximate surface area is 121 Å². The molecule has 1 aromatic rings. The van der Waals surface area contributed by atoms with Crippen molar-refractivity contribution in [1.82, 2.24) is 9.47 Å². The Hall–Kier alpha value is -2.38. The maximum absolute atomic E-state index is 12.3. The van der Waals surface area contributed by atoms with Crippen LogP contribution in [-0.2, 0) is 11.3 Å².